The zero-order valence-corrected chi connectivity index (χ0v) is 44.7. The van der Waals surface area contributed by atoms with E-state index in [2.05, 4.69) is 61.6 Å². The van der Waals surface area contributed by atoms with Crippen molar-refractivity contribution in [3.8, 4) is 0 Å². The van der Waals surface area contributed by atoms with Gasteiger partial charge in [-0.3, -0.25) is 19.4 Å². The molecule has 0 saturated heterocycles. The number of unbranched alkanes of at least 4 members (excludes halogenated alkanes) is 2. The predicted molar refractivity (Wildman–Crippen MR) is 288 cm³/mol. The number of hydrogen-bond donors (Lipinski definition) is 2. The third-order valence-electron chi connectivity index (χ3n) is 14.9. The van der Waals surface area contributed by atoms with Gasteiger partial charge in [-0.15, -0.1) is 0 Å². The second kappa shape index (κ2) is 23.6. The molecular formula is C60H70N4O10. The molecule has 3 aliphatic rings. The van der Waals surface area contributed by atoms with Crippen LogP contribution in [0.15, 0.2) is 84.9 Å². The molecule has 3 aromatic heterocycles. The number of nitrogens with one attached hydrogen (secondary N) is 2. The number of nitrogens with zero attached hydrogens (tertiary/aromatic N) is 2. The number of allylic oxidation sites excluding steroid dienone is 6. The third-order valence-corrected chi connectivity index (χ3v) is 14.9. The number of H-pyrrole nitrogens is 2. The molecule has 3 atom stereocenters. The number of ether oxygens (including phenoxy) is 6. The Hall–Kier alpha value is -7.48. The molecule has 0 fully saturated rings. The SMILES string of the molecule is C=Cc1c(C)c2cc3nc(cc4[nH]c(cc5nc(cc1[nH]2)[C@@]1(C)C5=CC=C(C(=O)OCCCCCO/C=C(\OC)C(C)c2ccc(C(C)C)cc2)[C@H]1C(=O)OC)c(C)c4CCC(=O)OC)C(CCC(=O)OC)=C3C. The van der Waals surface area contributed by atoms with Gasteiger partial charge < -0.3 is 38.4 Å². The third kappa shape index (κ3) is 11.2. The highest BCUT2D eigenvalue weighted by Gasteiger charge is 2.53. The summed E-state index contributed by atoms with van der Waals surface area (Å²) in [5.74, 6) is -1.85. The fraction of sp³-hybridized carbons (Fsp3) is 0.400. The Morgan fingerprint density at radius 2 is 1.35 bits per heavy atom. The molecule has 74 heavy (non-hydrogen) atoms. The zero-order chi connectivity index (χ0) is 53.4. The number of aromatic amines is 2. The van der Waals surface area contributed by atoms with E-state index in [4.69, 9.17) is 38.4 Å². The number of carbonyl (C=O) groups is 4. The second-order valence-corrected chi connectivity index (χ2v) is 19.5. The summed E-state index contributed by atoms with van der Waals surface area (Å²) in [5, 5.41) is 0. The van der Waals surface area contributed by atoms with Crippen LogP contribution in [0.1, 0.15) is 141 Å². The first-order valence-electron chi connectivity index (χ1n) is 25.3. The van der Waals surface area contributed by atoms with Crippen molar-refractivity contribution in [3.05, 3.63) is 141 Å². The highest BCUT2D eigenvalue weighted by atomic mass is 16.5. The van der Waals surface area contributed by atoms with Gasteiger partial charge in [0.25, 0.3) is 0 Å². The number of hydrogen-bond acceptors (Lipinski definition) is 12. The lowest BCUT2D eigenvalue weighted by Crippen LogP contribution is -2.42. The van der Waals surface area contributed by atoms with E-state index in [1.807, 2.05) is 58.0 Å². The van der Waals surface area contributed by atoms with Crippen molar-refractivity contribution in [1.29, 1.82) is 0 Å². The van der Waals surface area contributed by atoms with Crippen molar-refractivity contribution < 1.29 is 47.6 Å². The lowest BCUT2D eigenvalue weighted by molar-refractivity contribution is -0.149. The van der Waals surface area contributed by atoms with Crippen molar-refractivity contribution >= 4 is 68.7 Å². The van der Waals surface area contributed by atoms with E-state index in [1.54, 1.807) is 25.5 Å². The van der Waals surface area contributed by atoms with Crippen LogP contribution in [0, 0.1) is 19.8 Å². The Labute approximate surface area is 434 Å². The van der Waals surface area contributed by atoms with E-state index in [9.17, 15) is 19.2 Å². The molecule has 0 radical (unpaired) electrons. The van der Waals surface area contributed by atoms with Crippen LogP contribution in [0.25, 0.3) is 44.9 Å². The van der Waals surface area contributed by atoms with Crippen molar-refractivity contribution in [1.82, 2.24) is 19.9 Å². The van der Waals surface area contributed by atoms with Gasteiger partial charge in [0.15, 0.2) is 0 Å². The molecule has 0 spiro atoms. The second-order valence-electron chi connectivity index (χ2n) is 19.5. The summed E-state index contributed by atoms with van der Waals surface area (Å²) in [7, 11) is 5.70. The summed E-state index contributed by atoms with van der Waals surface area (Å²) >= 11 is 0. The molecule has 1 aromatic carbocycles. The number of aryl methyl sites for hydroxylation is 3. The Bertz CT molecular complexity index is 3130. The Balaban J connectivity index is 1.23. The summed E-state index contributed by atoms with van der Waals surface area (Å²) in [6.45, 7) is 19.1. The minimum atomic E-state index is -1.21. The molecule has 14 nitrogen and oxygen atoms in total. The van der Waals surface area contributed by atoms with Crippen LogP contribution in [0.2, 0.25) is 0 Å². The first kappa shape index (κ1) is 54.3. The molecule has 390 valence electrons. The van der Waals surface area contributed by atoms with Crippen LogP contribution in [0.4, 0.5) is 0 Å². The van der Waals surface area contributed by atoms with E-state index < -0.39 is 23.3 Å². The first-order valence-corrected chi connectivity index (χ1v) is 25.3. The maximum atomic E-state index is 14.3. The highest BCUT2D eigenvalue weighted by molar-refractivity contribution is 6.02. The molecule has 5 heterocycles. The summed E-state index contributed by atoms with van der Waals surface area (Å²) in [6.07, 6.45) is 10.0. The monoisotopic (exact) mass is 1010 g/mol. The Morgan fingerprint density at radius 3 is 2.01 bits per heavy atom. The maximum Gasteiger partial charge on any atom is 0.334 e. The van der Waals surface area contributed by atoms with Gasteiger partial charge in [0.2, 0.25) is 0 Å². The molecular weight excluding hydrogens is 937 g/mol. The largest absolute Gasteiger partial charge is 0.498 e. The van der Waals surface area contributed by atoms with Gasteiger partial charge in [-0.25, -0.2) is 9.78 Å². The van der Waals surface area contributed by atoms with Gasteiger partial charge in [0, 0.05) is 46.4 Å². The lowest BCUT2D eigenvalue weighted by Gasteiger charge is -2.36. The highest BCUT2D eigenvalue weighted by Crippen LogP contribution is 2.52. The number of methoxy groups -OCH3 is 4. The van der Waals surface area contributed by atoms with Gasteiger partial charge in [0.05, 0.1) is 75.4 Å². The van der Waals surface area contributed by atoms with Gasteiger partial charge in [-0.2, -0.15) is 0 Å². The fourth-order valence-electron chi connectivity index (χ4n) is 10.2. The summed E-state index contributed by atoms with van der Waals surface area (Å²) < 4.78 is 33.0. The molecule has 1 aliphatic carbocycles. The number of aromatic nitrogens is 4. The van der Waals surface area contributed by atoms with Crippen molar-refractivity contribution in [2.75, 3.05) is 41.7 Å². The molecule has 14 heteroatoms. The number of benzene rings is 1. The van der Waals surface area contributed by atoms with Gasteiger partial charge in [0.1, 0.15) is 17.9 Å². The fourth-order valence-corrected chi connectivity index (χ4v) is 10.2. The van der Waals surface area contributed by atoms with Gasteiger partial charge in [-0.05, 0) is 135 Å². The summed E-state index contributed by atoms with van der Waals surface area (Å²) in [6, 6.07) is 16.3. The maximum absolute atomic E-state index is 14.3. The van der Waals surface area contributed by atoms with Crippen LogP contribution in [-0.4, -0.2) is 85.5 Å². The van der Waals surface area contributed by atoms with Crippen LogP contribution < -0.4 is 0 Å². The van der Waals surface area contributed by atoms with Crippen molar-refractivity contribution in [3.63, 3.8) is 0 Å². The molecule has 1 unspecified atom stereocenters. The smallest absolute Gasteiger partial charge is 0.334 e. The average molecular weight is 1010 g/mol. The number of carbonyl (C=O) groups excluding carboxylic acids is 4. The number of rotatable bonds is 20. The normalized spacial score (nSPS) is 16.7. The van der Waals surface area contributed by atoms with E-state index in [0.29, 0.717) is 71.2 Å². The molecule has 0 saturated carbocycles. The van der Waals surface area contributed by atoms with E-state index in [1.165, 1.54) is 26.9 Å². The van der Waals surface area contributed by atoms with Crippen LogP contribution >= 0.6 is 0 Å². The summed E-state index contributed by atoms with van der Waals surface area (Å²) in [5.41, 5.74) is 12.7. The van der Waals surface area contributed by atoms with Crippen LogP contribution in [-0.2, 0) is 59.4 Å². The summed E-state index contributed by atoms with van der Waals surface area (Å²) in [4.78, 5) is 71.1. The molecule has 2 N–H and O–H groups in total. The van der Waals surface area contributed by atoms with E-state index in [-0.39, 0.29) is 42.9 Å². The van der Waals surface area contributed by atoms with Crippen molar-refractivity contribution in [2.24, 2.45) is 5.92 Å². The van der Waals surface area contributed by atoms with Gasteiger partial charge in [-0.1, -0.05) is 69.8 Å². The molecule has 0 amide bonds. The number of fused-ring (bicyclic) bond motifs is 11. The van der Waals surface area contributed by atoms with E-state index >= 15 is 0 Å². The Morgan fingerprint density at radius 1 is 0.716 bits per heavy atom. The van der Waals surface area contributed by atoms with E-state index in [0.717, 1.165) is 68.6 Å². The number of esters is 4. The predicted octanol–water partition coefficient (Wildman–Crippen LogP) is 11.8. The minimum absolute atomic E-state index is 0.0228. The molecule has 2 aliphatic heterocycles. The molecule has 8 bridgehead atoms. The quantitative estimate of drug-likeness (QED) is 0.0371. The average Bonchev–Trinajstić information content (AvgIpc) is 4.06. The first-order chi connectivity index (χ1) is 35.5. The molecule has 4 aromatic rings. The lowest BCUT2D eigenvalue weighted by atomic mass is 9.64. The van der Waals surface area contributed by atoms with Crippen molar-refractivity contribution in [2.45, 2.75) is 111 Å². The minimum Gasteiger partial charge on any atom is -0.498 e. The molecule has 7 rings (SSSR count). The van der Waals surface area contributed by atoms with Crippen LogP contribution in [0.3, 0.4) is 0 Å². The van der Waals surface area contributed by atoms with Crippen LogP contribution in [0.5, 0.6) is 0 Å². The Kier molecular flexibility index (Phi) is 17.3. The standard InChI is InChI=1S/C60H70N4O10/c1-13-41-36(5)46-29-47-37(6)42(22-25-55(65)70-10)49(61-47)31-50-43(23-26-56(66)71-11)38(7)48(62-50)30-52-45-24-21-44(57(59(68)72-12)60(45,8)54(64-52)32-51(41)63-46)58(67)74-28-16-14-15-27-73-33-53(69-9)35(4)40-19-17-39(18-20-40)34(2)3/h13,17-21,24,29-35,57,62-63H,1,14-16,22-23,25-28H2,2-12H3/b46-29?,47-29?,48-30?,49-31?,50-31?,51-32?,52-30?,53-33-,54-32?/t35?,57-,60+/m0/s1. The topological polar surface area (TPSA) is 181 Å². The van der Waals surface area contributed by atoms with Gasteiger partial charge >= 0.3 is 23.9 Å². The zero-order valence-electron chi connectivity index (χ0n) is 44.7.